The van der Waals surface area contributed by atoms with Crippen LogP contribution in [0.3, 0.4) is 0 Å². The first kappa shape index (κ1) is 21.6. The molecule has 0 unspecified atom stereocenters. The number of carbonyl (C=O) groups is 2. The number of carbonyl (C=O) groups excluding carboxylic acids is 2. The summed E-state index contributed by atoms with van der Waals surface area (Å²) in [7, 11) is 0. The first-order valence-corrected chi connectivity index (χ1v) is 11.4. The van der Waals surface area contributed by atoms with Crippen molar-refractivity contribution in [3.05, 3.63) is 102 Å². The molecule has 2 aromatic carbocycles. The van der Waals surface area contributed by atoms with Gasteiger partial charge < -0.3 is 10.2 Å². The Morgan fingerprint density at radius 1 is 0.971 bits per heavy atom. The van der Waals surface area contributed by atoms with Gasteiger partial charge in [-0.05, 0) is 41.8 Å². The van der Waals surface area contributed by atoms with Gasteiger partial charge in [0, 0.05) is 49.4 Å². The third kappa shape index (κ3) is 4.73. The molecule has 4 aromatic rings. The van der Waals surface area contributed by atoms with Gasteiger partial charge in [0.25, 0.3) is 5.91 Å². The lowest BCUT2D eigenvalue weighted by Crippen LogP contribution is -2.24. The van der Waals surface area contributed by atoms with Gasteiger partial charge in [-0.1, -0.05) is 42.5 Å². The number of anilines is 1. The largest absolute Gasteiger partial charge is 0.348 e. The maximum Gasteiger partial charge on any atom is 0.255 e. The molecule has 5 rings (SSSR count). The summed E-state index contributed by atoms with van der Waals surface area (Å²) in [6.45, 7) is 1.71. The van der Waals surface area contributed by atoms with Crippen molar-refractivity contribution in [3.8, 4) is 11.3 Å². The molecular weight excluding hydrogens is 426 g/mol. The van der Waals surface area contributed by atoms with Crippen LogP contribution in [0.5, 0.6) is 0 Å². The number of hydrogen-bond donors (Lipinski definition) is 1. The van der Waals surface area contributed by atoms with Crippen LogP contribution in [0.2, 0.25) is 0 Å². The molecule has 34 heavy (non-hydrogen) atoms. The predicted octanol–water partition coefficient (Wildman–Crippen LogP) is 4.05. The molecule has 0 atom stereocenters. The van der Waals surface area contributed by atoms with Crippen molar-refractivity contribution in [2.24, 2.45) is 0 Å². The zero-order valence-electron chi connectivity index (χ0n) is 18.7. The quantitative estimate of drug-likeness (QED) is 0.460. The van der Waals surface area contributed by atoms with Gasteiger partial charge in [0.05, 0.1) is 12.1 Å². The lowest BCUT2D eigenvalue weighted by Gasteiger charge is -2.16. The van der Waals surface area contributed by atoms with E-state index in [0.29, 0.717) is 30.8 Å². The molecule has 1 aliphatic heterocycles. The van der Waals surface area contributed by atoms with Crippen LogP contribution in [0.4, 0.5) is 5.69 Å². The zero-order valence-corrected chi connectivity index (χ0v) is 18.7. The molecular formula is C27H25N5O2. The summed E-state index contributed by atoms with van der Waals surface area (Å²) < 4.78 is 1.79. The van der Waals surface area contributed by atoms with E-state index in [9.17, 15) is 9.59 Å². The van der Waals surface area contributed by atoms with Gasteiger partial charge in [0.2, 0.25) is 5.91 Å². The number of amides is 2. The SMILES string of the molecule is O=C(NCc1ccc(N2CCCC2=O)cc1)c1cn(Cc2ccccc2)nc1-c1cccnc1. The van der Waals surface area contributed by atoms with Crippen molar-refractivity contribution in [2.75, 3.05) is 11.4 Å². The first-order valence-electron chi connectivity index (χ1n) is 11.4. The number of hydrogen-bond acceptors (Lipinski definition) is 4. The van der Waals surface area contributed by atoms with Crippen LogP contribution in [-0.2, 0) is 17.9 Å². The molecule has 0 radical (unpaired) electrons. The molecule has 1 aliphatic rings. The summed E-state index contributed by atoms with van der Waals surface area (Å²) >= 11 is 0. The minimum atomic E-state index is -0.197. The van der Waals surface area contributed by atoms with E-state index in [4.69, 9.17) is 5.10 Å². The number of benzene rings is 2. The number of aromatic nitrogens is 3. The highest BCUT2D eigenvalue weighted by Gasteiger charge is 2.22. The topological polar surface area (TPSA) is 80.1 Å². The summed E-state index contributed by atoms with van der Waals surface area (Å²) in [6, 6.07) is 21.5. The summed E-state index contributed by atoms with van der Waals surface area (Å²) in [6.07, 6.45) is 6.70. The van der Waals surface area contributed by atoms with E-state index in [0.717, 1.165) is 35.3 Å². The lowest BCUT2D eigenvalue weighted by molar-refractivity contribution is -0.117. The average Bonchev–Trinajstić information content (AvgIpc) is 3.50. The van der Waals surface area contributed by atoms with Crippen LogP contribution in [0.15, 0.2) is 85.3 Å². The molecule has 2 aromatic heterocycles. The normalized spacial score (nSPS) is 13.3. The fraction of sp³-hybridized carbons (Fsp3) is 0.185. The molecule has 0 aliphatic carbocycles. The predicted molar refractivity (Wildman–Crippen MR) is 130 cm³/mol. The second-order valence-corrected chi connectivity index (χ2v) is 8.31. The van der Waals surface area contributed by atoms with Crippen LogP contribution < -0.4 is 10.2 Å². The van der Waals surface area contributed by atoms with Crippen LogP contribution >= 0.6 is 0 Å². The fourth-order valence-corrected chi connectivity index (χ4v) is 4.15. The van der Waals surface area contributed by atoms with E-state index < -0.39 is 0 Å². The molecule has 0 spiro atoms. The monoisotopic (exact) mass is 451 g/mol. The van der Waals surface area contributed by atoms with E-state index in [1.807, 2.05) is 71.6 Å². The Labute approximate surface area is 198 Å². The maximum atomic E-state index is 13.2. The molecule has 1 fully saturated rings. The number of pyridine rings is 1. The Hall–Kier alpha value is -4.26. The molecule has 0 saturated carbocycles. The van der Waals surface area contributed by atoms with Gasteiger partial charge in [-0.2, -0.15) is 5.10 Å². The summed E-state index contributed by atoms with van der Waals surface area (Å²) in [5.74, 6) is -0.0338. The molecule has 2 amide bonds. The van der Waals surface area contributed by atoms with E-state index in [-0.39, 0.29) is 11.8 Å². The summed E-state index contributed by atoms with van der Waals surface area (Å²) in [4.78, 5) is 31.1. The highest BCUT2D eigenvalue weighted by molar-refractivity contribution is 5.99. The first-order chi connectivity index (χ1) is 16.7. The van der Waals surface area contributed by atoms with Gasteiger partial charge in [0.1, 0.15) is 5.69 Å². The van der Waals surface area contributed by atoms with Crippen molar-refractivity contribution in [3.63, 3.8) is 0 Å². The van der Waals surface area contributed by atoms with E-state index in [1.165, 1.54) is 0 Å². The van der Waals surface area contributed by atoms with Crippen molar-refractivity contribution >= 4 is 17.5 Å². The third-order valence-electron chi connectivity index (χ3n) is 5.90. The van der Waals surface area contributed by atoms with E-state index in [1.54, 1.807) is 23.3 Å². The molecule has 170 valence electrons. The minimum absolute atomic E-state index is 0.163. The summed E-state index contributed by atoms with van der Waals surface area (Å²) in [5.41, 5.74) is 4.86. The molecule has 0 bridgehead atoms. The van der Waals surface area contributed by atoms with Gasteiger partial charge in [-0.15, -0.1) is 0 Å². The highest BCUT2D eigenvalue weighted by Crippen LogP contribution is 2.23. The average molecular weight is 452 g/mol. The zero-order chi connectivity index (χ0) is 23.3. The Kier molecular flexibility index (Phi) is 6.16. The van der Waals surface area contributed by atoms with E-state index in [2.05, 4.69) is 10.3 Å². The minimum Gasteiger partial charge on any atom is -0.348 e. The number of nitrogens with zero attached hydrogens (tertiary/aromatic N) is 4. The molecule has 3 heterocycles. The smallest absolute Gasteiger partial charge is 0.255 e. The van der Waals surface area contributed by atoms with Crippen molar-refractivity contribution in [2.45, 2.75) is 25.9 Å². The van der Waals surface area contributed by atoms with E-state index >= 15 is 0 Å². The Morgan fingerprint density at radius 3 is 2.50 bits per heavy atom. The Morgan fingerprint density at radius 2 is 1.79 bits per heavy atom. The van der Waals surface area contributed by atoms with Crippen molar-refractivity contribution < 1.29 is 9.59 Å². The second kappa shape index (κ2) is 9.70. The Balaban J connectivity index is 1.32. The maximum absolute atomic E-state index is 13.2. The number of rotatable bonds is 7. The highest BCUT2D eigenvalue weighted by atomic mass is 16.2. The van der Waals surface area contributed by atoms with Crippen LogP contribution in [0, 0.1) is 0 Å². The van der Waals surface area contributed by atoms with Gasteiger partial charge >= 0.3 is 0 Å². The lowest BCUT2D eigenvalue weighted by atomic mass is 10.1. The van der Waals surface area contributed by atoms with Crippen molar-refractivity contribution in [1.82, 2.24) is 20.1 Å². The third-order valence-corrected chi connectivity index (χ3v) is 5.90. The van der Waals surface area contributed by atoms with Gasteiger partial charge in [-0.3, -0.25) is 19.3 Å². The van der Waals surface area contributed by atoms with Crippen LogP contribution in [-0.4, -0.2) is 33.1 Å². The van der Waals surface area contributed by atoms with Gasteiger partial charge in [-0.25, -0.2) is 0 Å². The number of nitrogens with one attached hydrogen (secondary N) is 1. The molecule has 7 heteroatoms. The molecule has 1 saturated heterocycles. The van der Waals surface area contributed by atoms with Crippen LogP contribution in [0.1, 0.15) is 34.3 Å². The van der Waals surface area contributed by atoms with Crippen molar-refractivity contribution in [1.29, 1.82) is 0 Å². The second-order valence-electron chi connectivity index (χ2n) is 8.31. The molecule has 1 N–H and O–H groups in total. The Bertz CT molecular complexity index is 1280. The molecule has 7 nitrogen and oxygen atoms in total. The summed E-state index contributed by atoms with van der Waals surface area (Å²) in [5, 5.41) is 7.70. The van der Waals surface area contributed by atoms with Gasteiger partial charge in [0.15, 0.2) is 0 Å². The standard InChI is InChI=1S/C27H25N5O2/c33-25-9-5-15-32(25)23-12-10-20(11-13-23)16-29-27(34)24-19-31(18-21-6-2-1-3-7-21)30-26(24)22-8-4-14-28-17-22/h1-4,6-8,10-14,17,19H,5,9,15-16,18H2,(H,29,34). The fourth-order valence-electron chi connectivity index (χ4n) is 4.15. The van der Waals surface area contributed by atoms with Crippen LogP contribution in [0.25, 0.3) is 11.3 Å².